The Kier molecular flexibility index (Phi) is 4.67. The van der Waals surface area contributed by atoms with Gasteiger partial charge in [-0.05, 0) is 49.2 Å². The number of anilines is 1. The first-order chi connectivity index (χ1) is 11.8. The van der Waals surface area contributed by atoms with Crippen molar-refractivity contribution in [1.29, 1.82) is 0 Å². The van der Waals surface area contributed by atoms with E-state index in [4.69, 9.17) is 11.6 Å². The normalized spacial score (nSPS) is 11.9. The van der Waals surface area contributed by atoms with Crippen LogP contribution in [0.25, 0.3) is 22.0 Å². The Morgan fingerprint density at radius 2 is 1.64 bits per heavy atom. The summed E-state index contributed by atoms with van der Waals surface area (Å²) in [5.74, 6) is 0. The van der Waals surface area contributed by atoms with Gasteiger partial charge in [0.25, 0.3) is 0 Å². The van der Waals surface area contributed by atoms with Crippen LogP contribution in [-0.4, -0.2) is 30.9 Å². The van der Waals surface area contributed by atoms with Crippen molar-refractivity contribution in [2.75, 3.05) is 11.6 Å². The lowest BCUT2D eigenvalue weighted by Gasteiger charge is -2.14. The summed E-state index contributed by atoms with van der Waals surface area (Å²) in [6.45, 7) is 4.06. The molecule has 0 saturated carbocycles. The van der Waals surface area contributed by atoms with Gasteiger partial charge in [-0.25, -0.2) is 8.42 Å². The van der Waals surface area contributed by atoms with Crippen LogP contribution in [0.2, 0.25) is 5.15 Å². The van der Waals surface area contributed by atoms with Crippen molar-refractivity contribution in [2.45, 2.75) is 24.8 Å². The average molecular weight is 376 g/mol. The molecule has 7 heteroatoms. The minimum Gasteiger partial charge on any atom is -0.380 e. The molecule has 0 spiro atoms. The second kappa shape index (κ2) is 6.61. The Hall–Kier alpha value is -2.18. The maximum Gasteiger partial charge on any atom is 0.175 e. The summed E-state index contributed by atoms with van der Waals surface area (Å²) in [5.41, 5.74) is 3.32. The molecule has 3 rings (SSSR count). The third kappa shape index (κ3) is 3.75. The zero-order chi connectivity index (χ0) is 18.2. The van der Waals surface area contributed by atoms with Gasteiger partial charge in [0.15, 0.2) is 15.0 Å². The Bertz CT molecular complexity index is 1030. The monoisotopic (exact) mass is 375 g/mol. The van der Waals surface area contributed by atoms with Gasteiger partial charge in [-0.15, -0.1) is 10.2 Å². The zero-order valence-electron chi connectivity index (χ0n) is 14.1. The number of aromatic nitrogens is 2. The molecule has 0 fully saturated rings. The summed E-state index contributed by atoms with van der Waals surface area (Å²) in [5, 5.41) is 12.7. The van der Waals surface area contributed by atoms with E-state index in [9.17, 15) is 8.42 Å². The first kappa shape index (κ1) is 17.6. The van der Waals surface area contributed by atoms with Gasteiger partial charge in [0.2, 0.25) is 0 Å². The Balaban J connectivity index is 2.06. The van der Waals surface area contributed by atoms with Crippen LogP contribution in [0.5, 0.6) is 0 Å². The molecular formula is C18H18ClN3O2S. The topological polar surface area (TPSA) is 72.0 Å². The molecule has 0 unspecified atom stereocenters. The lowest BCUT2D eigenvalue weighted by molar-refractivity contribution is 0.602. The molecule has 25 heavy (non-hydrogen) atoms. The standard InChI is InChI=1S/C18H18ClN3O2S/c1-11(2)20-17-15-9-6-13(10-16(15)21-22-18(17)19)12-4-7-14(8-5-12)25(3,23)24/h4-11H,1-3H3,(H,20,21). The van der Waals surface area contributed by atoms with Crippen molar-refractivity contribution in [1.82, 2.24) is 10.2 Å². The second-order valence-electron chi connectivity index (χ2n) is 6.19. The molecule has 0 aliphatic carbocycles. The number of fused-ring (bicyclic) bond motifs is 1. The van der Waals surface area contributed by atoms with Gasteiger partial charge in [-0.1, -0.05) is 29.8 Å². The molecule has 0 radical (unpaired) electrons. The van der Waals surface area contributed by atoms with Gasteiger partial charge in [0, 0.05) is 17.7 Å². The smallest absolute Gasteiger partial charge is 0.175 e. The molecule has 1 N–H and O–H groups in total. The summed E-state index contributed by atoms with van der Waals surface area (Å²) >= 11 is 6.17. The maximum absolute atomic E-state index is 11.6. The number of nitrogens with zero attached hydrogens (tertiary/aromatic N) is 2. The molecule has 3 aromatic rings. The van der Waals surface area contributed by atoms with Crippen LogP contribution in [0, 0.1) is 0 Å². The fourth-order valence-corrected chi connectivity index (χ4v) is 3.41. The number of sulfone groups is 1. The number of halogens is 1. The molecule has 1 heterocycles. The van der Waals surface area contributed by atoms with Gasteiger partial charge in [-0.3, -0.25) is 0 Å². The van der Waals surface area contributed by atoms with E-state index >= 15 is 0 Å². The lowest BCUT2D eigenvalue weighted by Crippen LogP contribution is -2.11. The maximum atomic E-state index is 11.6. The van der Waals surface area contributed by atoms with Crippen molar-refractivity contribution >= 4 is 38.0 Å². The Morgan fingerprint density at radius 1 is 1.00 bits per heavy atom. The van der Waals surface area contributed by atoms with Crippen molar-refractivity contribution in [2.24, 2.45) is 0 Å². The quantitative estimate of drug-likeness (QED) is 0.740. The highest BCUT2D eigenvalue weighted by Crippen LogP contribution is 2.31. The molecule has 1 aromatic heterocycles. The minimum absolute atomic E-state index is 0.216. The van der Waals surface area contributed by atoms with E-state index in [0.717, 1.165) is 27.7 Å². The van der Waals surface area contributed by atoms with Gasteiger partial charge < -0.3 is 5.32 Å². The number of rotatable bonds is 4. The van der Waals surface area contributed by atoms with Crippen LogP contribution in [-0.2, 0) is 9.84 Å². The SMILES string of the molecule is CC(C)Nc1c(Cl)nnc2cc(-c3ccc(S(C)(=O)=O)cc3)ccc12. The first-order valence-electron chi connectivity index (χ1n) is 7.78. The fraction of sp³-hybridized carbons (Fsp3) is 0.222. The molecule has 130 valence electrons. The van der Waals surface area contributed by atoms with Crippen molar-refractivity contribution in [3.63, 3.8) is 0 Å². The van der Waals surface area contributed by atoms with E-state index in [1.807, 2.05) is 32.0 Å². The summed E-state index contributed by atoms with van der Waals surface area (Å²) in [7, 11) is -3.20. The van der Waals surface area contributed by atoms with E-state index in [-0.39, 0.29) is 6.04 Å². The van der Waals surface area contributed by atoms with Crippen LogP contribution < -0.4 is 5.32 Å². The van der Waals surface area contributed by atoms with Crippen molar-refractivity contribution < 1.29 is 8.42 Å². The van der Waals surface area contributed by atoms with Crippen LogP contribution in [0.15, 0.2) is 47.4 Å². The predicted molar refractivity (Wildman–Crippen MR) is 102 cm³/mol. The molecule has 2 aromatic carbocycles. The molecule has 0 saturated heterocycles. The minimum atomic E-state index is -3.20. The lowest BCUT2D eigenvalue weighted by atomic mass is 10.0. The van der Waals surface area contributed by atoms with E-state index < -0.39 is 9.84 Å². The average Bonchev–Trinajstić information content (AvgIpc) is 2.56. The fourth-order valence-electron chi connectivity index (χ4n) is 2.58. The van der Waals surface area contributed by atoms with Crippen LogP contribution >= 0.6 is 11.6 Å². The predicted octanol–water partition coefficient (Wildman–Crippen LogP) is 4.17. The van der Waals surface area contributed by atoms with Gasteiger partial charge in [0.1, 0.15) is 0 Å². The molecule has 0 atom stereocenters. The highest BCUT2D eigenvalue weighted by Gasteiger charge is 2.12. The third-order valence-electron chi connectivity index (χ3n) is 3.77. The van der Waals surface area contributed by atoms with Gasteiger partial charge >= 0.3 is 0 Å². The van der Waals surface area contributed by atoms with Crippen molar-refractivity contribution in [3.05, 3.63) is 47.6 Å². The second-order valence-corrected chi connectivity index (χ2v) is 8.57. The number of benzene rings is 2. The van der Waals surface area contributed by atoms with Crippen LogP contribution in [0.4, 0.5) is 5.69 Å². The molecule has 0 aliphatic rings. The zero-order valence-corrected chi connectivity index (χ0v) is 15.7. The van der Waals surface area contributed by atoms with Crippen molar-refractivity contribution in [3.8, 4) is 11.1 Å². The van der Waals surface area contributed by atoms with Crippen LogP contribution in [0.3, 0.4) is 0 Å². The number of nitrogens with one attached hydrogen (secondary N) is 1. The van der Waals surface area contributed by atoms with E-state index in [2.05, 4.69) is 15.5 Å². The summed E-state index contributed by atoms with van der Waals surface area (Å²) in [6.07, 6.45) is 1.20. The summed E-state index contributed by atoms with van der Waals surface area (Å²) < 4.78 is 23.2. The Morgan fingerprint density at radius 3 is 2.24 bits per heavy atom. The van der Waals surface area contributed by atoms with E-state index in [1.54, 1.807) is 24.3 Å². The van der Waals surface area contributed by atoms with Crippen LogP contribution in [0.1, 0.15) is 13.8 Å². The number of hydrogen-bond donors (Lipinski definition) is 1. The molecule has 0 aliphatic heterocycles. The summed E-state index contributed by atoms with van der Waals surface area (Å²) in [6, 6.07) is 12.8. The molecular weight excluding hydrogens is 358 g/mol. The number of hydrogen-bond acceptors (Lipinski definition) is 5. The first-order valence-corrected chi connectivity index (χ1v) is 10.1. The Labute approximate surface area is 152 Å². The summed E-state index contributed by atoms with van der Waals surface area (Å²) in [4.78, 5) is 0.298. The van der Waals surface area contributed by atoms with E-state index in [0.29, 0.717) is 10.0 Å². The molecule has 0 amide bonds. The highest BCUT2D eigenvalue weighted by atomic mass is 35.5. The third-order valence-corrected chi connectivity index (χ3v) is 5.16. The highest BCUT2D eigenvalue weighted by molar-refractivity contribution is 7.90. The van der Waals surface area contributed by atoms with Gasteiger partial charge in [0.05, 0.1) is 16.1 Å². The largest absolute Gasteiger partial charge is 0.380 e. The molecule has 5 nitrogen and oxygen atoms in total. The van der Waals surface area contributed by atoms with E-state index in [1.165, 1.54) is 6.26 Å². The van der Waals surface area contributed by atoms with Gasteiger partial charge in [-0.2, -0.15) is 0 Å². The molecule has 0 bridgehead atoms.